The van der Waals surface area contributed by atoms with Gasteiger partial charge in [0.2, 0.25) is 0 Å². The van der Waals surface area contributed by atoms with Crippen LogP contribution in [0, 0.1) is 0 Å². The van der Waals surface area contributed by atoms with Crippen LogP contribution in [0.3, 0.4) is 0 Å². The van der Waals surface area contributed by atoms with Crippen molar-refractivity contribution >= 4 is 35.0 Å². The van der Waals surface area contributed by atoms with Gasteiger partial charge in [-0.2, -0.15) is 11.8 Å². The van der Waals surface area contributed by atoms with Gasteiger partial charge in [0, 0.05) is 22.9 Å². The molecule has 0 radical (unpaired) electrons. The Morgan fingerprint density at radius 2 is 2.30 bits per heavy atom. The highest BCUT2D eigenvalue weighted by Gasteiger charge is 1.91. The Morgan fingerprint density at radius 3 is 2.80 bits per heavy atom. The predicted octanol–water partition coefficient (Wildman–Crippen LogP) is 2.42. The fraction of sp³-hybridized carbons (Fsp3) is 0.667. The second kappa shape index (κ2) is 7.73. The molecular formula is C6H10Cl2OS. The fourth-order valence-electron chi connectivity index (χ4n) is 0.368. The topological polar surface area (TPSA) is 20.2 Å². The van der Waals surface area contributed by atoms with Gasteiger partial charge in [0.15, 0.2) is 0 Å². The van der Waals surface area contributed by atoms with Crippen LogP contribution in [0.1, 0.15) is 6.42 Å². The normalized spacial score (nSPS) is 12.1. The summed E-state index contributed by atoms with van der Waals surface area (Å²) >= 11 is 12.6. The molecule has 1 N–H and O–H groups in total. The first-order chi connectivity index (χ1) is 4.81. The number of hydrogen-bond acceptors (Lipinski definition) is 2. The quantitative estimate of drug-likeness (QED) is 0.689. The summed E-state index contributed by atoms with van der Waals surface area (Å²) in [5.41, 5.74) is 1.37. The van der Waals surface area contributed by atoms with Gasteiger partial charge >= 0.3 is 0 Å². The molecule has 60 valence electrons. The lowest BCUT2D eigenvalue weighted by Gasteiger charge is -1.96. The smallest absolute Gasteiger partial charge is 0.0438 e. The van der Waals surface area contributed by atoms with E-state index in [1.54, 1.807) is 11.8 Å². The standard InChI is InChI=1S/C6H10Cl2OS/c7-4-6(8)5-10-3-1-2-9/h4,9H,1-3,5H2/b6-4-. The van der Waals surface area contributed by atoms with Gasteiger partial charge in [0.1, 0.15) is 0 Å². The van der Waals surface area contributed by atoms with E-state index < -0.39 is 0 Å². The van der Waals surface area contributed by atoms with Crippen molar-refractivity contribution in [1.82, 2.24) is 0 Å². The molecule has 4 heteroatoms. The largest absolute Gasteiger partial charge is 0.396 e. The average molecular weight is 201 g/mol. The molecule has 10 heavy (non-hydrogen) atoms. The van der Waals surface area contributed by atoms with E-state index in [1.807, 2.05) is 0 Å². The zero-order valence-electron chi connectivity index (χ0n) is 5.52. The minimum absolute atomic E-state index is 0.245. The molecule has 0 saturated heterocycles. The van der Waals surface area contributed by atoms with Crippen LogP contribution in [0.5, 0.6) is 0 Å². The van der Waals surface area contributed by atoms with E-state index in [-0.39, 0.29) is 6.61 Å². The molecule has 0 fully saturated rings. The van der Waals surface area contributed by atoms with Crippen LogP contribution in [-0.4, -0.2) is 23.2 Å². The first kappa shape index (κ1) is 10.6. The van der Waals surface area contributed by atoms with E-state index in [2.05, 4.69) is 0 Å². The number of aliphatic hydroxyl groups excluding tert-OH is 1. The lowest BCUT2D eigenvalue weighted by Crippen LogP contribution is -1.87. The summed E-state index contributed by atoms with van der Waals surface area (Å²) in [6, 6.07) is 0. The van der Waals surface area contributed by atoms with Crippen LogP contribution >= 0.6 is 35.0 Å². The monoisotopic (exact) mass is 200 g/mol. The van der Waals surface area contributed by atoms with Crippen LogP contribution in [-0.2, 0) is 0 Å². The van der Waals surface area contributed by atoms with E-state index in [4.69, 9.17) is 28.3 Å². The van der Waals surface area contributed by atoms with E-state index in [0.29, 0.717) is 5.03 Å². The SMILES string of the molecule is OCCCSC/C(Cl)=C/Cl. The molecule has 0 spiro atoms. The van der Waals surface area contributed by atoms with Gasteiger partial charge in [0.25, 0.3) is 0 Å². The number of aliphatic hydroxyl groups is 1. The van der Waals surface area contributed by atoms with Gasteiger partial charge in [-0.05, 0) is 12.2 Å². The lowest BCUT2D eigenvalue weighted by atomic mass is 10.5. The lowest BCUT2D eigenvalue weighted by molar-refractivity contribution is 0.296. The number of thioether (sulfide) groups is 1. The Hall–Kier alpha value is 0.630. The van der Waals surface area contributed by atoms with Gasteiger partial charge in [-0.1, -0.05) is 23.2 Å². The van der Waals surface area contributed by atoms with Crippen LogP contribution in [0.15, 0.2) is 10.6 Å². The van der Waals surface area contributed by atoms with Crippen molar-refractivity contribution in [2.24, 2.45) is 0 Å². The van der Waals surface area contributed by atoms with Gasteiger partial charge in [-0.15, -0.1) is 0 Å². The molecule has 1 nitrogen and oxygen atoms in total. The van der Waals surface area contributed by atoms with Crippen molar-refractivity contribution in [2.75, 3.05) is 18.1 Å². The van der Waals surface area contributed by atoms with Gasteiger partial charge in [-0.3, -0.25) is 0 Å². The third-order valence-corrected chi connectivity index (χ3v) is 2.67. The third kappa shape index (κ3) is 6.75. The average Bonchev–Trinajstić information content (AvgIpc) is 1.98. The number of hydrogen-bond donors (Lipinski definition) is 1. The molecule has 0 bridgehead atoms. The van der Waals surface area contributed by atoms with Crippen LogP contribution in [0.4, 0.5) is 0 Å². The third-order valence-electron chi connectivity index (χ3n) is 0.805. The fourth-order valence-corrected chi connectivity index (χ4v) is 1.52. The van der Waals surface area contributed by atoms with Gasteiger partial charge < -0.3 is 5.11 Å². The second-order valence-electron chi connectivity index (χ2n) is 1.69. The van der Waals surface area contributed by atoms with Crippen LogP contribution < -0.4 is 0 Å². The van der Waals surface area contributed by atoms with Gasteiger partial charge in [0.05, 0.1) is 0 Å². The molecule has 0 aliphatic heterocycles. The summed E-state index contributed by atoms with van der Waals surface area (Å²) in [6.45, 7) is 0.245. The van der Waals surface area contributed by atoms with Crippen molar-refractivity contribution in [3.05, 3.63) is 10.6 Å². The highest BCUT2D eigenvalue weighted by atomic mass is 35.5. The Morgan fingerprint density at radius 1 is 1.60 bits per heavy atom. The van der Waals surface area contributed by atoms with E-state index in [1.165, 1.54) is 5.54 Å². The number of rotatable bonds is 5. The molecule has 0 aliphatic carbocycles. The molecule has 0 atom stereocenters. The zero-order chi connectivity index (χ0) is 7.82. The summed E-state index contributed by atoms with van der Waals surface area (Å²) < 4.78 is 0. The highest BCUT2D eigenvalue weighted by Crippen LogP contribution is 2.12. The van der Waals surface area contributed by atoms with Crippen LogP contribution in [0.2, 0.25) is 0 Å². The Balaban J connectivity index is 3.04. The molecule has 0 heterocycles. The summed E-state index contributed by atoms with van der Waals surface area (Å²) in [6.07, 6.45) is 0.817. The maximum Gasteiger partial charge on any atom is 0.0438 e. The molecule has 0 saturated carbocycles. The highest BCUT2D eigenvalue weighted by molar-refractivity contribution is 7.99. The molecular weight excluding hydrogens is 191 g/mol. The molecule has 0 aromatic rings. The summed E-state index contributed by atoms with van der Waals surface area (Å²) in [4.78, 5) is 0. The molecule has 0 rings (SSSR count). The summed E-state index contributed by atoms with van der Waals surface area (Å²) in [5, 5.41) is 9.06. The molecule has 0 amide bonds. The Labute approximate surface area is 75.4 Å². The van der Waals surface area contributed by atoms with E-state index >= 15 is 0 Å². The molecule has 0 aromatic heterocycles. The van der Waals surface area contributed by atoms with Crippen LogP contribution in [0.25, 0.3) is 0 Å². The van der Waals surface area contributed by atoms with Crippen molar-refractivity contribution < 1.29 is 5.11 Å². The molecule has 0 unspecified atom stereocenters. The van der Waals surface area contributed by atoms with E-state index in [9.17, 15) is 0 Å². The molecule has 0 aromatic carbocycles. The minimum Gasteiger partial charge on any atom is -0.396 e. The Kier molecular flexibility index (Phi) is 8.22. The maximum absolute atomic E-state index is 8.40. The number of halogens is 2. The Bertz CT molecular complexity index is 106. The summed E-state index contributed by atoms with van der Waals surface area (Å²) in [5.74, 6) is 1.67. The van der Waals surface area contributed by atoms with Crippen molar-refractivity contribution in [3.63, 3.8) is 0 Å². The van der Waals surface area contributed by atoms with Crippen molar-refractivity contribution in [3.8, 4) is 0 Å². The zero-order valence-corrected chi connectivity index (χ0v) is 7.85. The molecule has 0 aliphatic rings. The van der Waals surface area contributed by atoms with Crippen molar-refractivity contribution in [2.45, 2.75) is 6.42 Å². The predicted molar refractivity (Wildman–Crippen MR) is 48.8 cm³/mol. The van der Waals surface area contributed by atoms with Crippen molar-refractivity contribution in [1.29, 1.82) is 0 Å². The first-order valence-corrected chi connectivity index (χ1v) is 4.91. The van der Waals surface area contributed by atoms with Gasteiger partial charge in [-0.25, -0.2) is 0 Å². The second-order valence-corrected chi connectivity index (χ2v) is 3.49. The summed E-state index contributed by atoms with van der Waals surface area (Å²) in [7, 11) is 0. The minimum atomic E-state index is 0.245. The maximum atomic E-state index is 8.40. The first-order valence-electron chi connectivity index (χ1n) is 2.94. The van der Waals surface area contributed by atoms with E-state index in [0.717, 1.165) is 17.9 Å².